The van der Waals surface area contributed by atoms with Gasteiger partial charge in [-0.1, -0.05) is 45.4 Å². The molecule has 0 aliphatic rings. The second-order valence-corrected chi connectivity index (χ2v) is 5.11. The first-order valence-electron chi connectivity index (χ1n) is 6.60. The Labute approximate surface area is 120 Å². The summed E-state index contributed by atoms with van der Waals surface area (Å²) in [4.78, 5) is 12.0. The highest BCUT2D eigenvalue weighted by molar-refractivity contribution is 7.80. The molecule has 0 saturated carbocycles. The SMILES string of the molecule is CCCCCCCCCNc1nc(S)nc(S)n1. The lowest BCUT2D eigenvalue weighted by Crippen LogP contribution is -2.06. The van der Waals surface area contributed by atoms with Crippen molar-refractivity contribution in [1.82, 2.24) is 15.0 Å². The number of nitrogens with zero attached hydrogens (tertiary/aromatic N) is 3. The topological polar surface area (TPSA) is 50.7 Å². The van der Waals surface area contributed by atoms with Crippen LogP contribution in [0.3, 0.4) is 0 Å². The first-order valence-corrected chi connectivity index (χ1v) is 7.49. The average molecular weight is 286 g/mol. The van der Waals surface area contributed by atoms with Gasteiger partial charge in [0.15, 0.2) is 10.3 Å². The van der Waals surface area contributed by atoms with Gasteiger partial charge >= 0.3 is 0 Å². The maximum Gasteiger partial charge on any atom is 0.227 e. The van der Waals surface area contributed by atoms with Crippen LogP contribution in [0.4, 0.5) is 5.95 Å². The zero-order valence-electron chi connectivity index (χ0n) is 10.9. The van der Waals surface area contributed by atoms with E-state index in [-0.39, 0.29) is 0 Å². The van der Waals surface area contributed by atoms with Crippen molar-refractivity contribution in [2.45, 2.75) is 62.2 Å². The summed E-state index contributed by atoms with van der Waals surface area (Å²) in [6.45, 7) is 3.13. The highest BCUT2D eigenvalue weighted by Crippen LogP contribution is 2.09. The molecule has 4 nitrogen and oxygen atoms in total. The van der Waals surface area contributed by atoms with Gasteiger partial charge in [-0.3, -0.25) is 0 Å². The van der Waals surface area contributed by atoms with Crippen LogP contribution in [0.25, 0.3) is 0 Å². The van der Waals surface area contributed by atoms with Gasteiger partial charge in [0.25, 0.3) is 0 Å². The Morgan fingerprint density at radius 3 is 2.00 bits per heavy atom. The minimum Gasteiger partial charge on any atom is -0.354 e. The third kappa shape index (κ3) is 7.06. The van der Waals surface area contributed by atoms with E-state index in [0.29, 0.717) is 16.3 Å². The van der Waals surface area contributed by atoms with E-state index in [9.17, 15) is 0 Å². The quantitative estimate of drug-likeness (QED) is 0.479. The molecule has 1 N–H and O–H groups in total. The molecule has 1 aromatic rings. The lowest BCUT2D eigenvalue weighted by molar-refractivity contribution is 0.595. The first kappa shape index (κ1) is 15.6. The molecule has 0 spiro atoms. The van der Waals surface area contributed by atoms with Crippen LogP contribution in [-0.4, -0.2) is 21.5 Å². The van der Waals surface area contributed by atoms with Gasteiger partial charge < -0.3 is 5.32 Å². The van der Waals surface area contributed by atoms with E-state index in [1.54, 1.807) is 0 Å². The van der Waals surface area contributed by atoms with Crippen molar-refractivity contribution in [3.8, 4) is 0 Å². The van der Waals surface area contributed by atoms with E-state index < -0.39 is 0 Å². The Balaban J connectivity index is 2.07. The minimum atomic E-state index is 0.400. The van der Waals surface area contributed by atoms with Crippen molar-refractivity contribution >= 4 is 31.2 Å². The number of unbranched alkanes of at least 4 members (excludes halogenated alkanes) is 6. The summed E-state index contributed by atoms with van der Waals surface area (Å²) < 4.78 is 0. The van der Waals surface area contributed by atoms with Crippen LogP contribution >= 0.6 is 25.3 Å². The molecule has 0 unspecified atom stereocenters. The van der Waals surface area contributed by atoms with E-state index in [0.717, 1.165) is 13.0 Å². The summed E-state index contributed by atoms with van der Waals surface area (Å²) in [5.74, 6) is 0.561. The molecule has 0 fully saturated rings. The molecule has 1 rings (SSSR count). The summed E-state index contributed by atoms with van der Waals surface area (Å²) in [6.07, 6.45) is 9.08. The number of hydrogen-bond acceptors (Lipinski definition) is 6. The normalized spacial score (nSPS) is 10.6. The zero-order valence-corrected chi connectivity index (χ0v) is 12.7. The molecule has 0 atom stereocenters. The number of hydrogen-bond donors (Lipinski definition) is 3. The molecule has 0 bridgehead atoms. The second-order valence-electron chi connectivity index (χ2n) is 4.31. The number of aromatic nitrogens is 3. The van der Waals surface area contributed by atoms with Crippen LogP contribution in [0.5, 0.6) is 0 Å². The van der Waals surface area contributed by atoms with Crippen molar-refractivity contribution in [3.63, 3.8) is 0 Å². The van der Waals surface area contributed by atoms with Gasteiger partial charge in [0.05, 0.1) is 0 Å². The molecule has 18 heavy (non-hydrogen) atoms. The molecule has 0 aliphatic carbocycles. The zero-order chi connectivity index (χ0) is 13.2. The van der Waals surface area contributed by atoms with E-state index in [1.165, 1.54) is 38.5 Å². The van der Waals surface area contributed by atoms with Crippen LogP contribution in [0, 0.1) is 0 Å². The fraction of sp³-hybridized carbons (Fsp3) is 0.750. The fourth-order valence-corrected chi connectivity index (χ4v) is 2.17. The largest absolute Gasteiger partial charge is 0.354 e. The van der Waals surface area contributed by atoms with Crippen LogP contribution in [0.1, 0.15) is 51.9 Å². The molecule has 1 heterocycles. The van der Waals surface area contributed by atoms with Crippen LogP contribution in [-0.2, 0) is 0 Å². The van der Waals surface area contributed by atoms with E-state index in [4.69, 9.17) is 0 Å². The highest BCUT2D eigenvalue weighted by Gasteiger charge is 2.00. The number of thiol groups is 2. The third-order valence-electron chi connectivity index (χ3n) is 2.68. The van der Waals surface area contributed by atoms with Gasteiger partial charge in [-0.25, -0.2) is 0 Å². The number of rotatable bonds is 9. The van der Waals surface area contributed by atoms with Crippen LogP contribution in [0.15, 0.2) is 10.3 Å². The predicted octanol–water partition coefficient (Wildman–Crippen LogP) is 3.61. The summed E-state index contributed by atoms with van der Waals surface area (Å²) in [7, 11) is 0. The van der Waals surface area contributed by atoms with Gasteiger partial charge in [-0.2, -0.15) is 15.0 Å². The molecular formula is C12H22N4S2. The lowest BCUT2D eigenvalue weighted by Gasteiger charge is -2.05. The van der Waals surface area contributed by atoms with E-state index >= 15 is 0 Å². The van der Waals surface area contributed by atoms with Crippen molar-refractivity contribution in [2.24, 2.45) is 0 Å². The standard InChI is InChI=1S/C12H22N4S2/c1-2-3-4-5-6-7-8-9-13-10-14-11(17)16-12(18)15-10/h2-9H2,1H3,(H3,13,14,15,16,17,18). The van der Waals surface area contributed by atoms with Crippen LogP contribution < -0.4 is 5.32 Å². The number of anilines is 1. The Hall–Kier alpha value is -0.490. The third-order valence-corrected chi connectivity index (χ3v) is 3.08. The maximum absolute atomic E-state index is 4.08. The second kappa shape index (κ2) is 9.44. The molecule has 102 valence electrons. The molecule has 0 aliphatic heterocycles. The van der Waals surface area contributed by atoms with Gasteiger partial charge in [-0.15, -0.1) is 25.3 Å². The highest BCUT2D eigenvalue weighted by atomic mass is 32.1. The lowest BCUT2D eigenvalue weighted by atomic mass is 10.1. The van der Waals surface area contributed by atoms with Gasteiger partial charge in [0.1, 0.15) is 0 Å². The smallest absolute Gasteiger partial charge is 0.227 e. The first-order chi connectivity index (χ1) is 8.72. The summed E-state index contributed by atoms with van der Waals surface area (Å²) in [5.41, 5.74) is 0. The van der Waals surface area contributed by atoms with Crippen molar-refractivity contribution < 1.29 is 0 Å². The molecule has 0 radical (unpaired) electrons. The molecule has 1 aromatic heterocycles. The van der Waals surface area contributed by atoms with Gasteiger partial charge in [0, 0.05) is 6.54 Å². The Morgan fingerprint density at radius 2 is 1.39 bits per heavy atom. The maximum atomic E-state index is 4.08. The summed E-state index contributed by atoms with van der Waals surface area (Å²) in [5, 5.41) is 3.97. The molecule has 0 amide bonds. The number of nitrogens with one attached hydrogen (secondary N) is 1. The van der Waals surface area contributed by atoms with Crippen LogP contribution in [0.2, 0.25) is 0 Å². The molecule has 0 aromatic carbocycles. The Bertz CT molecular complexity index is 327. The van der Waals surface area contributed by atoms with E-state index in [1.807, 2.05) is 0 Å². The van der Waals surface area contributed by atoms with E-state index in [2.05, 4.69) is 52.5 Å². The minimum absolute atomic E-state index is 0.400. The summed E-state index contributed by atoms with van der Waals surface area (Å²) >= 11 is 8.17. The van der Waals surface area contributed by atoms with Crippen molar-refractivity contribution in [1.29, 1.82) is 0 Å². The molecule has 0 saturated heterocycles. The molecule has 6 heteroatoms. The van der Waals surface area contributed by atoms with Gasteiger partial charge in [0.2, 0.25) is 5.95 Å². The monoisotopic (exact) mass is 286 g/mol. The average Bonchev–Trinajstić information content (AvgIpc) is 2.31. The Kier molecular flexibility index (Phi) is 8.17. The predicted molar refractivity (Wildman–Crippen MR) is 80.8 cm³/mol. The van der Waals surface area contributed by atoms with Gasteiger partial charge in [-0.05, 0) is 6.42 Å². The summed E-state index contributed by atoms with van der Waals surface area (Å²) in [6, 6.07) is 0. The molecular weight excluding hydrogens is 264 g/mol. The van der Waals surface area contributed by atoms with Crippen molar-refractivity contribution in [2.75, 3.05) is 11.9 Å². The van der Waals surface area contributed by atoms with Crippen molar-refractivity contribution in [3.05, 3.63) is 0 Å². The fourth-order valence-electron chi connectivity index (χ4n) is 1.72. The Morgan fingerprint density at radius 1 is 0.833 bits per heavy atom.